The van der Waals surface area contributed by atoms with Crippen LogP contribution in [0.3, 0.4) is 0 Å². The zero-order valence-electron chi connectivity index (χ0n) is 38.0. The van der Waals surface area contributed by atoms with Crippen LogP contribution in [0.15, 0.2) is 96.6 Å². The van der Waals surface area contributed by atoms with Gasteiger partial charge in [0.25, 0.3) is 0 Å². The Balaban J connectivity index is 0.976. The predicted molar refractivity (Wildman–Crippen MR) is 252 cm³/mol. The van der Waals surface area contributed by atoms with Gasteiger partial charge < -0.3 is 29.0 Å². The van der Waals surface area contributed by atoms with E-state index in [4.69, 9.17) is 30.5 Å². The van der Waals surface area contributed by atoms with Gasteiger partial charge in [0, 0.05) is 36.6 Å². The van der Waals surface area contributed by atoms with E-state index >= 15 is 0 Å². The normalized spacial score (nSPS) is 22.7. The van der Waals surface area contributed by atoms with Gasteiger partial charge in [0.05, 0.1) is 43.4 Å². The Kier molecular flexibility index (Phi) is 13.5. The highest BCUT2D eigenvalue weighted by Gasteiger charge is 2.46. The number of methoxy groups -OCH3 is 2. The van der Waals surface area contributed by atoms with Crippen LogP contribution >= 0.6 is 11.6 Å². The molecule has 0 bridgehead atoms. The SMILES string of the molecule is COc1ccc(CN(Cc2ccc(OC)cc2)S(=O)(=O)[C@@H](C)C[C@@H]2C=C([C@@H](O)[C@@H]3CC[C@H]3CN3C[C@@]4(CCCc5cc(Cl)ccc54)COc4ccc(C(=O)OC(C)(C)C)cc43)C2)cc1. The number of aliphatic hydroxyl groups excluding tert-OH is 1. The number of esters is 1. The Bertz CT molecular complexity index is 2400. The Morgan fingerprint density at radius 1 is 0.953 bits per heavy atom. The number of allylic oxidation sites excluding steroid dienone is 1. The van der Waals surface area contributed by atoms with Crippen molar-refractivity contribution in [3.63, 3.8) is 0 Å². The van der Waals surface area contributed by atoms with Gasteiger partial charge in [-0.05, 0) is 173 Å². The summed E-state index contributed by atoms with van der Waals surface area (Å²) < 4.78 is 53.4. The van der Waals surface area contributed by atoms with E-state index in [0.29, 0.717) is 49.6 Å². The maximum Gasteiger partial charge on any atom is 0.338 e. The number of aliphatic hydroxyl groups is 1. The van der Waals surface area contributed by atoms with Gasteiger partial charge in [-0.3, -0.25) is 0 Å². The number of nitrogens with zero attached hydrogens (tertiary/aromatic N) is 2. The lowest BCUT2D eigenvalue weighted by Gasteiger charge is -2.47. The number of hydrogen-bond donors (Lipinski definition) is 1. The summed E-state index contributed by atoms with van der Waals surface area (Å²) >= 11 is 6.50. The fraction of sp³-hybridized carbons (Fsp3) is 0.481. The highest BCUT2D eigenvalue weighted by Crippen LogP contribution is 2.48. The van der Waals surface area contributed by atoms with Gasteiger partial charge in [-0.2, -0.15) is 4.31 Å². The Morgan fingerprint density at radius 2 is 1.61 bits per heavy atom. The number of carbonyl (C=O) groups is 1. The van der Waals surface area contributed by atoms with Gasteiger partial charge in [-0.25, -0.2) is 13.2 Å². The van der Waals surface area contributed by atoms with Crippen LogP contribution in [0.25, 0.3) is 0 Å². The number of hydrogen-bond acceptors (Lipinski definition) is 9. The molecule has 8 rings (SSSR count). The number of fused-ring (bicyclic) bond motifs is 3. The van der Waals surface area contributed by atoms with Crippen LogP contribution in [-0.4, -0.2) is 74.7 Å². The van der Waals surface area contributed by atoms with Gasteiger partial charge in [0.2, 0.25) is 10.0 Å². The molecule has 1 saturated carbocycles. The Morgan fingerprint density at radius 3 is 2.20 bits per heavy atom. The molecule has 0 aromatic heterocycles. The molecule has 12 heteroatoms. The minimum absolute atomic E-state index is 0.0532. The van der Waals surface area contributed by atoms with Crippen LogP contribution in [-0.2, 0) is 39.7 Å². The lowest BCUT2D eigenvalue weighted by molar-refractivity contribution is 0.00694. The lowest BCUT2D eigenvalue weighted by atomic mass is 9.65. The van der Waals surface area contributed by atoms with E-state index in [2.05, 4.69) is 23.1 Å². The summed E-state index contributed by atoms with van der Waals surface area (Å²) in [5, 5.41) is 12.0. The number of carbonyl (C=O) groups excluding carboxylic acids is 1. The van der Waals surface area contributed by atoms with Crippen LogP contribution in [0.1, 0.15) is 98.8 Å². The molecule has 6 atom stereocenters. The molecule has 4 aromatic rings. The molecule has 1 heterocycles. The number of halogens is 1. The summed E-state index contributed by atoms with van der Waals surface area (Å²) in [4.78, 5) is 15.8. The van der Waals surface area contributed by atoms with E-state index in [-0.39, 0.29) is 42.2 Å². The van der Waals surface area contributed by atoms with Crippen molar-refractivity contribution in [1.82, 2.24) is 4.31 Å². The first-order valence-corrected chi connectivity index (χ1v) is 24.6. The van der Waals surface area contributed by atoms with E-state index in [0.717, 1.165) is 65.3 Å². The molecule has 0 unspecified atom stereocenters. The van der Waals surface area contributed by atoms with E-state index < -0.39 is 27.0 Å². The summed E-state index contributed by atoms with van der Waals surface area (Å²) in [6.45, 7) is 9.79. The molecule has 0 saturated heterocycles. The van der Waals surface area contributed by atoms with Gasteiger partial charge in [-0.1, -0.05) is 48.0 Å². The second-order valence-electron chi connectivity index (χ2n) is 19.5. The summed E-state index contributed by atoms with van der Waals surface area (Å²) in [7, 11) is -0.501. The summed E-state index contributed by atoms with van der Waals surface area (Å²) in [6, 6.07) is 26.9. The zero-order chi connectivity index (χ0) is 45.4. The first-order chi connectivity index (χ1) is 30.5. The standard InChI is InChI=1S/C52H63ClN2O8S/c1-34(64(58,59)55(29-35-9-16-43(60-5)17-10-35)30-36-11-18-44(61-6)19-12-36)24-37-25-41(26-37)49(56)45-20-13-40(45)31-54-32-52(23-7-8-38-27-42(53)15-21-46(38)52)33-62-48-22-14-39(28-47(48)54)50(57)63-51(2,3)4/h9-12,14-19,21-22,25,27-28,34,37,40,45,49,56H,7-8,13,20,23-24,26,29-33H2,1-6H3/t34-,37+,40-,45+,49+,52-/m0/s1. The molecule has 4 aliphatic rings. The highest BCUT2D eigenvalue weighted by atomic mass is 35.5. The number of rotatable bonds is 15. The van der Waals surface area contributed by atoms with Gasteiger partial charge >= 0.3 is 5.97 Å². The van der Waals surface area contributed by atoms with Crippen LogP contribution in [0, 0.1) is 17.8 Å². The molecule has 1 fully saturated rings. The fourth-order valence-corrected chi connectivity index (χ4v) is 12.1. The maximum absolute atomic E-state index is 14.4. The second-order valence-corrected chi connectivity index (χ2v) is 22.3. The molecule has 64 heavy (non-hydrogen) atoms. The fourth-order valence-electron chi connectivity index (χ4n) is 10.2. The molecule has 1 aliphatic heterocycles. The molecule has 0 radical (unpaired) electrons. The molecular weight excluding hydrogens is 848 g/mol. The van der Waals surface area contributed by atoms with Crippen LogP contribution in [0.2, 0.25) is 5.02 Å². The average molecular weight is 912 g/mol. The summed E-state index contributed by atoms with van der Waals surface area (Å²) in [6.07, 6.45) is 7.48. The molecule has 1 spiro atoms. The molecule has 0 amide bonds. The maximum atomic E-state index is 14.4. The predicted octanol–water partition coefficient (Wildman–Crippen LogP) is 9.93. The average Bonchev–Trinajstić information content (AvgIpc) is 3.39. The van der Waals surface area contributed by atoms with Crippen LogP contribution in [0.4, 0.5) is 5.69 Å². The molecule has 1 N–H and O–H groups in total. The third-order valence-electron chi connectivity index (χ3n) is 13.9. The Labute approximate surface area is 384 Å². The quantitative estimate of drug-likeness (QED) is 0.0920. The van der Waals surface area contributed by atoms with Crippen molar-refractivity contribution in [3.8, 4) is 17.2 Å². The molecule has 342 valence electrons. The number of anilines is 1. The highest BCUT2D eigenvalue weighted by molar-refractivity contribution is 7.89. The van der Waals surface area contributed by atoms with Crippen molar-refractivity contribution in [1.29, 1.82) is 0 Å². The van der Waals surface area contributed by atoms with Crippen molar-refractivity contribution in [2.24, 2.45) is 17.8 Å². The number of benzene rings is 4. The van der Waals surface area contributed by atoms with Crippen molar-refractivity contribution in [2.45, 2.75) is 108 Å². The molecule has 10 nitrogen and oxygen atoms in total. The summed E-state index contributed by atoms with van der Waals surface area (Å²) in [5.74, 6) is 2.11. The minimum atomic E-state index is -3.72. The van der Waals surface area contributed by atoms with Crippen molar-refractivity contribution in [3.05, 3.63) is 129 Å². The van der Waals surface area contributed by atoms with E-state index in [1.165, 1.54) is 11.1 Å². The third-order valence-corrected chi connectivity index (χ3v) is 16.3. The van der Waals surface area contributed by atoms with E-state index in [1.807, 2.05) is 87.5 Å². The number of ether oxygens (including phenoxy) is 4. The van der Waals surface area contributed by atoms with Crippen molar-refractivity contribution >= 4 is 33.3 Å². The topological polar surface area (TPSA) is 115 Å². The largest absolute Gasteiger partial charge is 0.497 e. The summed E-state index contributed by atoms with van der Waals surface area (Å²) in [5.41, 5.74) is 5.71. The monoisotopic (exact) mass is 910 g/mol. The first kappa shape index (κ1) is 46.0. The lowest BCUT2D eigenvalue weighted by Crippen LogP contribution is -2.50. The molecule has 3 aliphatic carbocycles. The smallest absolute Gasteiger partial charge is 0.338 e. The minimum Gasteiger partial charge on any atom is -0.497 e. The number of aryl methyl sites for hydroxylation is 1. The van der Waals surface area contributed by atoms with E-state index in [1.54, 1.807) is 31.5 Å². The molecular formula is C52H63ClN2O8S. The number of sulfonamides is 1. The van der Waals surface area contributed by atoms with Gasteiger partial charge in [0.1, 0.15) is 22.8 Å². The van der Waals surface area contributed by atoms with Crippen LogP contribution < -0.4 is 19.1 Å². The van der Waals surface area contributed by atoms with Gasteiger partial charge in [0.15, 0.2) is 0 Å². The van der Waals surface area contributed by atoms with Crippen molar-refractivity contribution in [2.75, 3.05) is 38.8 Å². The molecule has 4 aromatic carbocycles. The van der Waals surface area contributed by atoms with E-state index in [9.17, 15) is 18.3 Å². The second kappa shape index (κ2) is 18.7. The zero-order valence-corrected chi connectivity index (χ0v) is 39.6. The van der Waals surface area contributed by atoms with Gasteiger partial charge in [-0.15, -0.1) is 0 Å². The third kappa shape index (κ3) is 9.98. The first-order valence-electron chi connectivity index (χ1n) is 22.7. The van der Waals surface area contributed by atoms with Crippen molar-refractivity contribution < 1.29 is 37.3 Å². The van der Waals surface area contributed by atoms with Crippen LogP contribution in [0.5, 0.6) is 17.2 Å². The Hall–Kier alpha value is -4.55.